The maximum atomic E-state index is 12.0. The van der Waals surface area contributed by atoms with E-state index in [9.17, 15) is 9.59 Å². The molecular formula is C19H14BrClN2O4S. The van der Waals surface area contributed by atoms with E-state index in [0.29, 0.717) is 26.6 Å². The van der Waals surface area contributed by atoms with E-state index in [1.54, 1.807) is 18.2 Å². The number of benzene rings is 2. The number of nitrogens with one attached hydrogen (secondary N) is 2. The van der Waals surface area contributed by atoms with Gasteiger partial charge in [-0.15, -0.1) is 0 Å². The number of hydrogen-bond acceptors (Lipinski definition) is 5. The standard InChI is InChI=1S/C19H14BrClN2O4S/c1-26-15-8-10(6-12-17(24)22-19(28)23-18(12)25)7-13(20)16(15)27-9-11-4-2-3-5-14(11)21/h2-8H,9H2,1H3,(H2,22,23,24,25,28). The molecule has 6 nitrogen and oxygen atoms in total. The molecule has 2 aromatic carbocycles. The second-order valence-corrected chi connectivity index (χ2v) is 7.38. The van der Waals surface area contributed by atoms with Crippen LogP contribution in [-0.4, -0.2) is 24.0 Å². The van der Waals surface area contributed by atoms with Crippen LogP contribution in [0.1, 0.15) is 11.1 Å². The molecular weight excluding hydrogens is 468 g/mol. The number of rotatable bonds is 5. The van der Waals surface area contributed by atoms with Gasteiger partial charge >= 0.3 is 0 Å². The first-order chi connectivity index (χ1) is 13.4. The smallest absolute Gasteiger partial charge is 0.263 e. The number of hydrogen-bond donors (Lipinski definition) is 2. The van der Waals surface area contributed by atoms with E-state index in [1.165, 1.54) is 13.2 Å². The summed E-state index contributed by atoms with van der Waals surface area (Å²) in [6.45, 7) is 0.247. The summed E-state index contributed by atoms with van der Waals surface area (Å²) in [4.78, 5) is 24.0. The van der Waals surface area contributed by atoms with Crippen LogP contribution < -0.4 is 20.1 Å². The predicted octanol–water partition coefficient (Wildman–Crippen LogP) is 3.60. The fraction of sp³-hybridized carbons (Fsp3) is 0.105. The van der Waals surface area contributed by atoms with Crippen molar-refractivity contribution in [3.05, 3.63) is 62.6 Å². The zero-order chi connectivity index (χ0) is 20.3. The molecule has 0 bridgehead atoms. The lowest BCUT2D eigenvalue weighted by molar-refractivity contribution is -0.123. The Morgan fingerprint density at radius 2 is 1.86 bits per heavy atom. The molecule has 3 rings (SSSR count). The third-order valence-electron chi connectivity index (χ3n) is 3.84. The van der Waals surface area contributed by atoms with Gasteiger partial charge in [0.25, 0.3) is 11.8 Å². The SMILES string of the molecule is COc1cc(C=C2C(=O)NC(=S)NC2=O)cc(Br)c1OCc1ccccc1Cl. The van der Waals surface area contributed by atoms with Crippen LogP contribution in [-0.2, 0) is 16.2 Å². The fourth-order valence-corrected chi connectivity index (χ4v) is 3.45. The van der Waals surface area contributed by atoms with Gasteiger partial charge in [0.05, 0.1) is 11.6 Å². The van der Waals surface area contributed by atoms with Gasteiger partial charge in [0.2, 0.25) is 0 Å². The Morgan fingerprint density at radius 1 is 1.18 bits per heavy atom. The zero-order valence-electron chi connectivity index (χ0n) is 14.5. The number of carbonyl (C=O) groups excluding carboxylic acids is 2. The van der Waals surface area contributed by atoms with Gasteiger partial charge in [-0.25, -0.2) is 0 Å². The summed E-state index contributed by atoms with van der Waals surface area (Å²) in [6.07, 6.45) is 1.44. The molecule has 0 radical (unpaired) electrons. The van der Waals surface area contributed by atoms with Crippen LogP contribution in [0.25, 0.3) is 6.08 Å². The van der Waals surface area contributed by atoms with E-state index >= 15 is 0 Å². The highest BCUT2D eigenvalue weighted by Gasteiger charge is 2.26. The minimum atomic E-state index is -0.567. The number of ether oxygens (including phenoxy) is 2. The molecule has 1 aliphatic rings. The van der Waals surface area contributed by atoms with Crippen molar-refractivity contribution >= 4 is 62.8 Å². The predicted molar refractivity (Wildman–Crippen MR) is 113 cm³/mol. The third kappa shape index (κ3) is 4.52. The van der Waals surface area contributed by atoms with E-state index in [-0.39, 0.29) is 17.3 Å². The summed E-state index contributed by atoms with van der Waals surface area (Å²) in [5.74, 6) is -0.227. The normalized spacial score (nSPS) is 13.7. The quantitative estimate of drug-likeness (QED) is 0.388. The monoisotopic (exact) mass is 480 g/mol. The van der Waals surface area contributed by atoms with Gasteiger partial charge in [0.1, 0.15) is 12.2 Å². The molecule has 144 valence electrons. The van der Waals surface area contributed by atoms with Crippen molar-refractivity contribution in [2.45, 2.75) is 6.61 Å². The number of methoxy groups -OCH3 is 1. The van der Waals surface area contributed by atoms with Gasteiger partial charge in [0, 0.05) is 10.6 Å². The first kappa shape index (κ1) is 20.3. The average molecular weight is 482 g/mol. The Labute approximate surface area is 180 Å². The molecule has 0 unspecified atom stereocenters. The Balaban J connectivity index is 1.88. The van der Waals surface area contributed by atoms with Crippen LogP contribution >= 0.6 is 39.7 Å². The number of carbonyl (C=O) groups is 2. The number of thiocarbonyl (C=S) groups is 1. The van der Waals surface area contributed by atoms with Crippen molar-refractivity contribution in [2.75, 3.05) is 7.11 Å². The third-order valence-corrected chi connectivity index (χ3v) is 5.00. The van der Waals surface area contributed by atoms with Gasteiger partial charge < -0.3 is 9.47 Å². The Bertz CT molecular complexity index is 987. The first-order valence-electron chi connectivity index (χ1n) is 8.01. The molecule has 2 aromatic rings. The molecule has 1 aliphatic heterocycles. The highest BCUT2D eigenvalue weighted by atomic mass is 79.9. The van der Waals surface area contributed by atoms with Gasteiger partial charge in [-0.05, 0) is 58.0 Å². The average Bonchev–Trinajstić information content (AvgIpc) is 2.64. The van der Waals surface area contributed by atoms with Crippen molar-refractivity contribution in [1.82, 2.24) is 10.6 Å². The van der Waals surface area contributed by atoms with Crippen molar-refractivity contribution in [3.8, 4) is 11.5 Å². The fourth-order valence-electron chi connectivity index (χ4n) is 2.50. The van der Waals surface area contributed by atoms with E-state index in [1.807, 2.05) is 18.2 Å². The maximum absolute atomic E-state index is 12.0. The van der Waals surface area contributed by atoms with Crippen LogP contribution in [0.2, 0.25) is 5.02 Å². The summed E-state index contributed by atoms with van der Waals surface area (Å²) >= 11 is 14.4. The number of halogens is 2. The van der Waals surface area contributed by atoms with E-state index in [0.717, 1.165) is 5.56 Å². The molecule has 9 heteroatoms. The van der Waals surface area contributed by atoms with Crippen molar-refractivity contribution < 1.29 is 19.1 Å². The molecule has 28 heavy (non-hydrogen) atoms. The maximum Gasteiger partial charge on any atom is 0.263 e. The molecule has 0 aliphatic carbocycles. The molecule has 0 saturated carbocycles. The van der Waals surface area contributed by atoms with Crippen LogP contribution in [0.4, 0.5) is 0 Å². The largest absolute Gasteiger partial charge is 0.493 e. The van der Waals surface area contributed by atoms with Crippen molar-refractivity contribution in [3.63, 3.8) is 0 Å². The summed E-state index contributed by atoms with van der Waals surface area (Å²) in [5.41, 5.74) is 1.34. The Morgan fingerprint density at radius 3 is 2.50 bits per heavy atom. The van der Waals surface area contributed by atoms with Gasteiger partial charge in [-0.2, -0.15) is 0 Å². The van der Waals surface area contributed by atoms with E-state index < -0.39 is 11.8 Å². The second kappa shape index (κ2) is 8.72. The van der Waals surface area contributed by atoms with Gasteiger partial charge in [-0.1, -0.05) is 29.8 Å². The molecule has 2 N–H and O–H groups in total. The van der Waals surface area contributed by atoms with E-state index in [4.69, 9.17) is 33.3 Å². The summed E-state index contributed by atoms with van der Waals surface area (Å²) in [6, 6.07) is 10.7. The summed E-state index contributed by atoms with van der Waals surface area (Å²) in [5, 5.41) is 5.36. The molecule has 2 amide bonds. The Hall–Kier alpha value is -2.42. The molecule has 1 saturated heterocycles. The minimum absolute atomic E-state index is 0.0192. The molecule has 0 aromatic heterocycles. The zero-order valence-corrected chi connectivity index (χ0v) is 17.7. The highest BCUT2D eigenvalue weighted by Crippen LogP contribution is 2.38. The van der Waals surface area contributed by atoms with E-state index in [2.05, 4.69) is 26.6 Å². The lowest BCUT2D eigenvalue weighted by Gasteiger charge is -2.17. The number of amides is 2. The van der Waals surface area contributed by atoms with Crippen LogP contribution in [0.15, 0.2) is 46.4 Å². The van der Waals surface area contributed by atoms with Crippen LogP contribution in [0.3, 0.4) is 0 Å². The molecule has 0 atom stereocenters. The Kier molecular flexibility index (Phi) is 6.33. The first-order valence-corrected chi connectivity index (χ1v) is 9.59. The van der Waals surface area contributed by atoms with Crippen molar-refractivity contribution in [1.29, 1.82) is 0 Å². The molecule has 1 heterocycles. The molecule has 0 spiro atoms. The van der Waals surface area contributed by atoms with Crippen LogP contribution in [0, 0.1) is 0 Å². The second-order valence-electron chi connectivity index (χ2n) is 5.71. The molecule has 1 fully saturated rings. The van der Waals surface area contributed by atoms with Crippen LogP contribution in [0.5, 0.6) is 11.5 Å². The lowest BCUT2D eigenvalue weighted by Crippen LogP contribution is -2.51. The van der Waals surface area contributed by atoms with Gasteiger partial charge in [-0.3, -0.25) is 20.2 Å². The highest BCUT2D eigenvalue weighted by molar-refractivity contribution is 9.10. The summed E-state index contributed by atoms with van der Waals surface area (Å²) < 4.78 is 11.9. The summed E-state index contributed by atoms with van der Waals surface area (Å²) in [7, 11) is 1.50. The minimum Gasteiger partial charge on any atom is -0.493 e. The van der Waals surface area contributed by atoms with Gasteiger partial charge in [0.15, 0.2) is 16.6 Å². The van der Waals surface area contributed by atoms with Crippen molar-refractivity contribution in [2.24, 2.45) is 0 Å². The lowest BCUT2D eigenvalue weighted by atomic mass is 10.1. The topological polar surface area (TPSA) is 76.7 Å².